The summed E-state index contributed by atoms with van der Waals surface area (Å²) in [6, 6.07) is 12.8. The summed E-state index contributed by atoms with van der Waals surface area (Å²) in [6.07, 6.45) is 0.394. The van der Waals surface area contributed by atoms with Crippen molar-refractivity contribution in [1.29, 1.82) is 0 Å². The van der Waals surface area contributed by atoms with Crippen molar-refractivity contribution in [3.63, 3.8) is 0 Å². The number of amides is 1. The molecule has 0 aromatic heterocycles. The fraction of sp³-hybridized carbons (Fsp3) is 0.391. The van der Waals surface area contributed by atoms with Crippen molar-refractivity contribution in [1.82, 2.24) is 4.90 Å². The highest BCUT2D eigenvalue weighted by molar-refractivity contribution is 7.91. The molecule has 6 nitrogen and oxygen atoms in total. The molecule has 0 spiro atoms. The quantitative estimate of drug-likeness (QED) is 0.660. The van der Waals surface area contributed by atoms with Gasteiger partial charge >= 0.3 is 5.97 Å². The third kappa shape index (κ3) is 5.27. The van der Waals surface area contributed by atoms with E-state index < -0.39 is 34.4 Å². The van der Waals surface area contributed by atoms with Crippen LogP contribution in [0, 0.1) is 20.8 Å². The number of nitrogens with zero attached hydrogens (tertiary/aromatic N) is 1. The number of benzene rings is 2. The second kappa shape index (κ2) is 9.00. The molecule has 1 fully saturated rings. The summed E-state index contributed by atoms with van der Waals surface area (Å²) in [7, 11) is -3.16. The average Bonchev–Trinajstić information content (AvgIpc) is 3.03. The van der Waals surface area contributed by atoms with Gasteiger partial charge in [-0.3, -0.25) is 4.79 Å². The number of rotatable bonds is 6. The summed E-state index contributed by atoms with van der Waals surface area (Å²) < 4.78 is 29.2. The molecular formula is C23H27NO5S. The van der Waals surface area contributed by atoms with Gasteiger partial charge in [-0.15, -0.1) is 0 Å². The summed E-state index contributed by atoms with van der Waals surface area (Å²) in [4.78, 5) is 27.1. The van der Waals surface area contributed by atoms with Crippen molar-refractivity contribution in [3.8, 4) is 0 Å². The Morgan fingerprint density at radius 2 is 1.70 bits per heavy atom. The Bertz CT molecular complexity index is 1020. The summed E-state index contributed by atoms with van der Waals surface area (Å²) in [5.41, 5.74) is 4.01. The van der Waals surface area contributed by atoms with E-state index in [0.717, 1.165) is 22.3 Å². The number of hydrogen-bond donors (Lipinski definition) is 0. The van der Waals surface area contributed by atoms with Crippen LogP contribution in [0.1, 0.15) is 39.0 Å². The largest absolute Gasteiger partial charge is 0.452 e. The first kappa shape index (κ1) is 22.0. The van der Waals surface area contributed by atoms with Crippen LogP contribution in [0.2, 0.25) is 0 Å². The average molecular weight is 430 g/mol. The van der Waals surface area contributed by atoms with Crippen LogP contribution in [0.25, 0.3) is 0 Å². The zero-order valence-electron chi connectivity index (χ0n) is 17.6. The summed E-state index contributed by atoms with van der Waals surface area (Å²) >= 11 is 0. The predicted octanol–water partition coefficient (Wildman–Crippen LogP) is 2.98. The lowest BCUT2D eigenvalue weighted by molar-refractivity contribution is -0.137. The molecule has 1 heterocycles. The zero-order valence-corrected chi connectivity index (χ0v) is 18.4. The minimum atomic E-state index is -3.16. The van der Waals surface area contributed by atoms with E-state index in [9.17, 15) is 18.0 Å². The summed E-state index contributed by atoms with van der Waals surface area (Å²) in [5.74, 6) is -0.929. The highest BCUT2D eigenvalue weighted by Crippen LogP contribution is 2.21. The molecule has 160 valence electrons. The summed E-state index contributed by atoms with van der Waals surface area (Å²) in [5, 5.41) is 0. The molecule has 1 aliphatic rings. The van der Waals surface area contributed by atoms with Gasteiger partial charge in [-0.25, -0.2) is 13.2 Å². The van der Waals surface area contributed by atoms with Crippen LogP contribution in [0.15, 0.2) is 42.5 Å². The molecule has 0 bridgehead atoms. The number of carbonyl (C=O) groups is 2. The molecule has 0 N–H and O–H groups in total. The molecule has 1 amide bonds. The van der Waals surface area contributed by atoms with Gasteiger partial charge in [0.05, 0.1) is 17.1 Å². The first-order valence-electron chi connectivity index (χ1n) is 9.95. The molecule has 1 atom stereocenters. The number of hydrogen-bond acceptors (Lipinski definition) is 5. The maximum atomic E-state index is 13.0. The van der Waals surface area contributed by atoms with Crippen LogP contribution in [-0.2, 0) is 25.9 Å². The fourth-order valence-electron chi connectivity index (χ4n) is 4.01. The maximum absolute atomic E-state index is 13.0. The lowest BCUT2D eigenvalue weighted by atomic mass is 10.00. The SMILES string of the molecule is Cc1cc(C)c(C(=O)OCC(=O)N(Cc2ccccc2)[C@H]2CCS(=O)(=O)C2)c(C)c1. The van der Waals surface area contributed by atoms with E-state index in [-0.39, 0.29) is 18.1 Å². The lowest BCUT2D eigenvalue weighted by Gasteiger charge is -2.28. The Kier molecular flexibility index (Phi) is 6.61. The zero-order chi connectivity index (χ0) is 21.9. The molecule has 0 unspecified atom stereocenters. The first-order chi connectivity index (χ1) is 14.2. The smallest absolute Gasteiger partial charge is 0.339 e. The van der Waals surface area contributed by atoms with E-state index in [1.54, 1.807) is 0 Å². The van der Waals surface area contributed by atoms with Crippen molar-refractivity contribution in [2.75, 3.05) is 18.1 Å². The Morgan fingerprint density at radius 3 is 2.27 bits per heavy atom. The van der Waals surface area contributed by atoms with Gasteiger partial charge in [0, 0.05) is 12.6 Å². The van der Waals surface area contributed by atoms with E-state index in [4.69, 9.17) is 4.74 Å². The third-order valence-corrected chi connectivity index (χ3v) is 7.12. The predicted molar refractivity (Wildman–Crippen MR) is 115 cm³/mol. The number of sulfone groups is 1. The molecule has 0 saturated carbocycles. The van der Waals surface area contributed by atoms with E-state index in [2.05, 4.69) is 0 Å². The molecule has 3 rings (SSSR count). The van der Waals surface area contributed by atoms with Crippen molar-refractivity contribution in [2.45, 2.75) is 39.8 Å². The minimum absolute atomic E-state index is 0.0598. The summed E-state index contributed by atoms with van der Waals surface area (Å²) in [6.45, 7) is 5.48. The monoisotopic (exact) mass is 429 g/mol. The van der Waals surface area contributed by atoms with Gasteiger partial charge < -0.3 is 9.64 Å². The molecule has 30 heavy (non-hydrogen) atoms. The Balaban J connectivity index is 1.74. The molecule has 2 aromatic rings. The van der Waals surface area contributed by atoms with E-state index in [1.165, 1.54) is 4.90 Å². The molecule has 7 heteroatoms. The van der Waals surface area contributed by atoms with Crippen molar-refractivity contribution < 1.29 is 22.7 Å². The number of aryl methyl sites for hydroxylation is 3. The van der Waals surface area contributed by atoms with Gasteiger partial charge in [-0.1, -0.05) is 48.0 Å². The second-order valence-electron chi connectivity index (χ2n) is 7.91. The molecule has 1 aliphatic heterocycles. The highest BCUT2D eigenvalue weighted by atomic mass is 32.2. The number of ether oxygens (including phenoxy) is 1. The van der Waals surface area contributed by atoms with Gasteiger partial charge in [-0.05, 0) is 43.9 Å². The van der Waals surface area contributed by atoms with Crippen LogP contribution < -0.4 is 0 Å². The van der Waals surface area contributed by atoms with E-state index in [0.29, 0.717) is 12.0 Å². The maximum Gasteiger partial charge on any atom is 0.339 e. The van der Waals surface area contributed by atoms with E-state index in [1.807, 2.05) is 63.2 Å². The van der Waals surface area contributed by atoms with Gasteiger partial charge in [0.15, 0.2) is 16.4 Å². The van der Waals surface area contributed by atoms with Crippen LogP contribution in [0.5, 0.6) is 0 Å². The molecular weight excluding hydrogens is 402 g/mol. The second-order valence-corrected chi connectivity index (χ2v) is 10.1. The standard InChI is InChI=1S/C23H27NO5S/c1-16-11-17(2)22(18(3)12-16)23(26)29-14-21(25)24(13-19-7-5-4-6-8-19)20-9-10-30(27,28)15-20/h4-8,11-12,20H,9-10,13-15H2,1-3H3/t20-/m0/s1. The normalized spacial score (nSPS) is 17.5. The minimum Gasteiger partial charge on any atom is -0.452 e. The van der Waals surface area contributed by atoms with Gasteiger partial charge in [0.2, 0.25) is 0 Å². The third-order valence-electron chi connectivity index (χ3n) is 5.37. The van der Waals surface area contributed by atoms with Crippen LogP contribution in [-0.4, -0.2) is 49.3 Å². The van der Waals surface area contributed by atoms with Gasteiger partial charge in [0.1, 0.15) is 0 Å². The Morgan fingerprint density at radius 1 is 1.07 bits per heavy atom. The topological polar surface area (TPSA) is 80.8 Å². The molecule has 0 radical (unpaired) electrons. The van der Waals surface area contributed by atoms with Crippen LogP contribution in [0.4, 0.5) is 0 Å². The Hall–Kier alpha value is -2.67. The number of carbonyl (C=O) groups excluding carboxylic acids is 2. The highest BCUT2D eigenvalue weighted by Gasteiger charge is 2.35. The van der Waals surface area contributed by atoms with Crippen molar-refractivity contribution >= 4 is 21.7 Å². The fourth-order valence-corrected chi connectivity index (χ4v) is 5.74. The number of esters is 1. The lowest BCUT2D eigenvalue weighted by Crippen LogP contribution is -2.42. The van der Waals surface area contributed by atoms with E-state index >= 15 is 0 Å². The van der Waals surface area contributed by atoms with Crippen molar-refractivity contribution in [3.05, 3.63) is 70.3 Å². The van der Waals surface area contributed by atoms with Crippen molar-refractivity contribution in [2.24, 2.45) is 0 Å². The molecule has 0 aliphatic carbocycles. The van der Waals surface area contributed by atoms with Crippen LogP contribution in [0.3, 0.4) is 0 Å². The molecule has 1 saturated heterocycles. The molecule has 2 aromatic carbocycles. The Labute approximate surface area is 177 Å². The van der Waals surface area contributed by atoms with Gasteiger partial charge in [-0.2, -0.15) is 0 Å². The van der Waals surface area contributed by atoms with Crippen LogP contribution >= 0.6 is 0 Å². The first-order valence-corrected chi connectivity index (χ1v) is 11.8. The van der Waals surface area contributed by atoms with Gasteiger partial charge in [0.25, 0.3) is 5.91 Å².